The summed E-state index contributed by atoms with van der Waals surface area (Å²) < 4.78 is 22.1. The molecule has 0 heterocycles. The molecular weight excluding hydrogens is 406 g/mol. The van der Waals surface area contributed by atoms with Gasteiger partial charge in [0, 0.05) is 12.1 Å². The molecule has 0 aliphatic carbocycles. The Morgan fingerprint density at radius 1 is 0.812 bits per heavy atom. The van der Waals surface area contributed by atoms with Gasteiger partial charge in [-0.2, -0.15) is 0 Å². The fourth-order valence-electron chi connectivity index (χ4n) is 3.29. The van der Waals surface area contributed by atoms with E-state index in [1.807, 2.05) is 54.6 Å². The van der Waals surface area contributed by atoms with Crippen molar-refractivity contribution in [2.24, 2.45) is 4.99 Å². The Morgan fingerprint density at radius 2 is 1.53 bits per heavy atom. The van der Waals surface area contributed by atoms with Crippen molar-refractivity contribution < 1.29 is 23.7 Å². The minimum atomic E-state index is -0.201. The summed E-state index contributed by atoms with van der Waals surface area (Å²) in [6, 6.07) is 20.7. The van der Waals surface area contributed by atoms with Crippen molar-refractivity contribution in [1.29, 1.82) is 0 Å². The summed E-state index contributed by atoms with van der Waals surface area (Å²) in [5.41, 5.74) is 2.43. The Balaban J connectivity index is 1.64. The van der Waals surface area contributed by atoms with Gasteiger partial charge < -0.3 is 18.9 Å². The van der Waals surface area contributed by atoms with Crippen molar-refractivity contribution >= 4 is 12.0 Å². The van der Waals surface area contributed by atoms with E-state index in [1.54, 1.807) is 33.5 Å². The molecule has 0 saturated carbocycles. The molecule has 0 amide bonds. The predicted octanol–water partition coefficient (Wildman–Crippen LogP) is 4.79. The van der Waals surface area contributed by atoms with Crippen LogP contribution in [0.1, 0.15) is 21.5 Å². The molecule has 6 nitrogen and oxygen atoms in total. The quantitative estimate of drug-likeness (QED) is 0.321. The topological polar surface area (TPSA) is 66.4 Å². The number of hydrogen-bond acceptors (Lipinski definition) is 6. The predicted molar refractivity (Wildman–Crippen MR) is 125 cm³/mol. The van der Waals surface area contributed by atoms with E-state index in [0.717, 1.165) is 11.1 Å². The van der Waals surface area contributed by atoms with E-state index in [-0.39, 0.29) is 5.78 Å². The van der Waals surface area contributed by atoms with Crippen molar-refractivity contribution in [2.75, 3.05) is 27.9 Å². The lowest BCUT2D eigenvalue weighted by Crippen LogP contribution is -2.06. The Morgan fingerprint density at radius 3 is 2.25 bits per heavy atom. The Bertz CT molecular complexity index is 1060. The lowest BCUT2D eigenvalue weighted by atomic mass is 10.1. The normalized spacial score (nSPS) is 10.7. The molecule has 0 unspecified atom stereocenters. The van der Waals surface area contributed by atoms with Gasteiger partial charge in [0.2, 0.25) is 11.5 Å². The standard InChI is InChI=1S/C26H27NO5/c1-29-24-14-13-20(25(30-2)26(24)31-3)15-16-27-17-22(28)21-11-7-8-12-23(21)32-18-19-9-5-4-6-10-19/h4-14,17H,15-16,18H2,1-3H3. The van der Waals surface area contributed by atoms with Crippen LogP contribution < -0.4 is 18.9 Å². The van der Waals surface area contributed by atoms with Crippen molar-refractivity contribution in [2.45, 2.75) is 13.0 Å². The van der Waals surface area contributed by atoms with Crippen LogP contribution in [-0.4, -0.2) is 39.9 Å². The molecule has 6 heteroatoms. The second kappa shape index (κ2) is 11.6. The van der Waals surface area contributed by atoms with Crippen LogP contribution in [0.25, 0.3) is 0 Å². The highest BCUT2D eigenvalue weighted by molar-refractivity contribution is 6.36. The molecule has 0 bridgehead atoms. The highest BCUT2D eigenvalue weighted by Crippen LogP contribution is 2.39. The van der Waals surface area contributed by atoms with Gasteiger partial charge in [0.05, 0.1) is 33.1 Å². The van der Waals surface area contributed by atoms with Gasteiger partial charge in [-0.15, -0.1) is 0 Å². The van der Waals surface area contributed by atoms with Gasteiger partial charge in [0.1, 0.15) is 12.4 Å². The number of methoxy groups -OCH3 is 3. The average Bonchev–Trinajstić information content (AvgIpc) is 2.85. The number of carbonyl (C=O) groups is 1. The van der Waals surface area contributed by atoms with Crippen LogP contribution in [-0.2, 0) is 13.0 Å². The van der Waals surface area contributed by atoms with E-state index >= 15 is 0 Å². The van der Waals surface area contributed by atoms with Crippen LogP contribution in [0, 0.1) is 0 Å². The molecule has 0 aromatic heterocycles. The van der Waals surface area contributed by atoms with Crippen LogP contribution in [0.15, 0.2) is 71.7 Å². The minimum absolute atomic E-state index is 0.201. The van der Waals surface area contributed by atoms with Crippen LogP contribution >= 0.6 is 0 Å². The second-order valence-corrected chi connectivity index (χ2v) is 6.91. The third-order valence-electron chi connectivity index (χ3n) is 4.89. The maximum Gasteiger partial charge on any atom is 0.207 e. The zero-order valence-corrected chi connectivity index (χ0v) is 18.5. The summed E-state index contributed by atoms with van der Waals surface area (Å²) >= 11 is 0. The first kappa shape index (κ1) is 22.9. The summed E-state index contributed by atoms with van der Waals surface area (Å²) in [4.78, 5) is 17.0. The first-order chi connectivity index (χ1) is 15.7. The summed E-state index contributed by atoms with van der Waals surface area (Å²) in [7, 11) is 4.73. The second-order valence-electron chi connectivity index (χ2n) is 6.91. The lowest BCUT2D eigenvalue weighted by Gasteiger charge is -2.15. The fraction of sp³-hybridized carbons (Fsp3) is 0.231. The molecule has 0 N–H and O–H groups in total. The van der Waals surface area contributed by atoms with Gasteiger partial charge in [0.25, 0.3) is 0 Å². The molecule has 166 valence electrons. The van der Waals surface area contributed by atoms with E-state index in [2.05, 4.69) is 4.99 Å². The van der Waals surface area contributed by atoms with E-state index in [4.69, 9.17) is 18.9 Å². The number of nitrogens with zero attached hydrogens (tertiary/aromatic N) is 1. The number of rotatable bonds is 11. The smallest absolute Gasteiger partial charge is 0.207 e. The van der Waals surface area contributed by atoms with Crippen LogP contribution in [0.3, 0.4) is 0 Å². The lowest BCUT2D eigenvalue weighted by molar-refractivity contribution is 0.106. The maximum absolute atomic E-state index is 12.7. The highest BCUT2D eigenvalue weighted by Gasteiger charge is 2.15. The fourth-order valence-corrected chi connectivity index (χ4v) is 3.29. The van der Waals surface area contributed by atoms with E-state index in [9.17, 15) is 4.79 Å². The zero-order chi connectivity index (χ0) is 22.8. The van der Waals surface area contributed by atoms with E-state index < -0.39 is 0 Å². The van der Waals surface area contributed by atoms with Gasteiger partial charge in [-0.25, -0.2) is 0 Å². The number of ether oxygens (including phenoxy) is 4. The maximum atomic E-state index is 12.7. The van der Waals surface area contributed by atoms with Crippen molar-refractivity contribution in [3.05, 3.63) is 83.4 Å². The minimum Gasteiger partial charge on any atom is -0.493 e. The van der Waals surface area contributed by atoms with Crippen LogP contribution in [0.2, 0.25) is 0 Å². The molecule has 3 aromatic rings. The summed E-state index contributed by atoms with van der Waals surface area (Å²) in [5.74, 6) is 2.08. The molecule has 32 heavy (non-hydrogen) atoms. The number of benzene rings is 3. The Kier molecular flexibility index (Phi) is 8.26. The number of aliphatic imine (C=N–C) groups is 1. The van der Waals surface area contributed by atoms with Gasteiger partial charge in [-0.05, 0) is 30.2 Å². The number of Topliss-reactive ketones (excluding diaryl/α,β-unsaturated/α-hetero) is 1. The molecule has 0 saturated heterocycles. The molecule has 3 aromatic carbocycles. The van der Waals surface area contributed by atoms with E-state index in [1.165, 1.54) is 6.21 Å². The molecule has 0 radical (unpaired) electrons. The SMILES string of the molecule is COc1ccc(CCN=CC(=O)c2ccccc2OCc2ccccc2)c(OC)c1OC. The average molecular weight is 434 g/mol. The van der Waals surface area contributed by atoms with Crippen molar-refractivity contribution in [3.8, 4) is 23.0 Å². The van der Waals surface area contributed by atoms with Gasteiger partial charge >= 0.3 is 0 Å². The summed E-state index contributed by atoms with van der Waals surface area (Å²) in [6.07, 6.45) is 1.93. The summed E-state index contributed by atoms with van der Waals surface area (Å²) in [6.45, 7) is 0.812. The summed E-state index contributed by atoms with van der Waals surface area (Å²) in [5, 5.41) is 0. The molecule has 0 spiro atoms. The molecule has 3 rings (SSSR count). The number of carbonyl (C=O) groups excluding carboxylic acids is 1. The first-order valence-corrected chi connectivity index (χ1v) is 10.3. The molecule has 0 aliphatic rings. The van der Waals surface area contributed by atoms with Crippen LogP contribution in [0.5, 0.6) is 23.0 Å². The first-order valence-electron chi connectivity index (χ1n) is 10.3. The Hall–Kier alpha value is -3.80. The molecule has 0 fully saturated rings. The highest BCUT2D eigenvalue weighted by atomic mass is 16.5. The number of ketones is 1. The van der Waals surface area contributed by atoms with Crippen molar-refractivity contribution in [1.82, 2.24) is 0 Å². The molecular formula is C26H27NO5. The third kappa shape index (κ3) is 5.66. The Labute approximate surface area is 188 Å². The zero-order valence-electron chi connectivity index (χ0n) is 18.5. The monoisotopic (exact) mass is 433 g/mol. The van der Waals surface area contributed by atoms with Gasteiger partial charge in [0.15, 0.2) is 11.5 Å². The van der Waals surface area contributed by atoms with Crippen molar-refractivity contribution in [3.63, 3.8) is 0 Å². The molecule has 0 aliphatic heterocycles. The van der Waals surface area contributed by atoms with Gasteiger partial charge in [-0.3, -0.25) is 9.79 Å². The number of para-hydroxylation sites is 1. The molecule has 0 atom stereocenters. The van der Waals surface area contributed by atoms with Gasteiger partial charge in [-0.1, -0.05) is 48.5 Å². The van der Waals surface area contributed by atoms with Crippen LogP contribution in [0.4, 0.5) is 0 Å². The van der Waals surface area contributed by atoms with E-state index in [0.29, 0.717) is 48.1 Å². The third-order valence-corrected chi connectivity index (χ3v) is 4.89. The number of hydrogen-bond donors (Lipinski definition) is 0. The largest absolute Gasteiger partial charge is 0.493 e.